The third-order valence-electron chi connectivity index (χ3n) is 5.26. The number of rotatable bonds is 8. The van der Waals surface area contributed by atoms with Crippen LogP contribution >= 0.6 is 11.8 Å². The van der Waals surface area contributed by atoms with Crippen molar-refractivity contribution in [2.24, 2.45) is 4.99 Å². The first-order valence-corrected chi connectivity index (χ1v) is 11.3. The third kappa shape index (κ3) is 7.75. The van der Waals surface area contributed by atoms with E-state index in [2.05, 4.69) is 23.8 Å². The summed E-state index contributed by atoms with van der Waals surface area (Å²) >= 11 is 1.94. The number of guanidine groups is 1. The summed E-state index contributed by atoms with van der Waals surface area (Å²) in [6, 6.07) is 0. The predicted molar refractivity (Wildman–Crippen MR) is 108 cm³/mol. The van der Waals surface area contributed by atoms with E-state index in [1.54, 1.807) is 0 Å². The highest BCUT2D eigenvalue weighted by atomic mass is 32.2. The Hall–Kier alpha value is -0.460. The minimum atomic E-state index is 0.234. The van der Waals surface area contributed by atoms with Crippen molar-refractivity contribution in [2.75, 3.05) is 45.7 Å². The molecule has 0 amide bonds. The highest BCUT2D eigenvalue weighted by molar-refractivity contribution is 8.00. The lowest BCUT2D eigenvalue weighted by Crippen LogP contribution is -2.42. The van der Waals surface area contributed by atoms with Gasteiger partial charge in [0.1, 0.15) is 0 Å². The van der Waals surface area contributed by atoms with Gasteiger partial charge in [-0.2, -0.15) is 11.8 Å². The van der Waals surface area contributed by atoms with Gasteiger partial charge in [0.15, 0.2) is 5.96 Å². The van der Waals surface area contributed by atoms with Crippen LogP contribution in [0.2, 0.25) is 0 Å². The monoisotopic (exact) mass is 371 g/mol. The number of nitrogens with one attached hydrogen (secondary N) is 2. The highest BCUT2D eigenvalue weighted by Crippen LogP contribution is 2.33. The molecular weight excluding hydrogens is 334 g/mol. The quantitative estimate of drug-likeness (QED) is 0.297. The lowest BCUT2D eigenvalue weighted by Gasteiger charge is -2.34. The number of nitrogens with zero attached hydrogens (tertiary/aromatic N) is 1. The van der Waals surface area contributed by atoms with Gasteiger partial charge in [0, 0.05) is 31.1 Å². The summed E-state index contributed by atoms with van der Waals surface area (Å²) in [5.74, 6) is 0.909. The molecule has 0 aromatic heterocycles. The first-order chi connectivity index (χ1) is 12.3. The molecule has 2 fully saturated rings. The Kier molecular flexibility index (Phi) is 10.0. The normalized spacial score (nSPS) is 22.4. The molecule has 1 aliphatic heterocycles. The van der Waals surface area contributed by atoms with Gasteiger partial charge in [0.25, 0.3) is 0 Å². The van der Waals surface area contributed by atoms with Gasteiger partial charge in [0.05, 0.1) is 19.3 Å². The largest absolute Gasteiger partial charge is 0.381 e. The van der Waals surface area contributed by atoms with Crippen molar-refractivity contribution in [1.82, 2.24) is 10.6 Å². The molecule has 146 valence electrons. The van der Waals surface area contributed by atoms with Crippen LogP contribution in [0, 0.1) is 0 Å². The first-order valence-electron chi connectivity index (χ1n) is 10.0. The maximum Gasteiger partial charge on any atom is 0.191 e. The molecule has 1 heterocycles. The van der Waals surface area contributed by atoms with Crippen molar-refractivity contribution < 1.29 is 9.47 Å². The zero-order chi connectivity index (χ0) is 17.8. The van der Waals surface area contributed by atoms with E-state index < -0.39 is 0 Å². The third-order valence-corrected chi connectivity index (χ3v) is 6.66. The number of thioether (sulfide) groups is 1. The minimum absolute atomic E-state index is 0.234. The average molecular weight is 372 g/mol. The van der Waals surface area contributed by atoms with Gasteiger partial charge in [-0.15, -0.1) is 0 Å². The van der Waals surface area contributed by atoms with Crippen molar-refractivity contribution in [3.63, 3.8) is 0 Å². The van der Waals surface area contributed by atoms with E-state index in [1.165, 1.54) is 38.5 Å². The van der Waals surface area contributed by atoms with Crippen LogP contribution < -0.4 is 10.6 Å². The van der Waals surface area contributed by atoms with E-state index in [4.69, 9.17) is 14.5 Å². The first kappa shape index (κ1) is 20.8. The van der Waals surface area contributed by atoms with Gasteiger partial charge >= 0.3 is 0 Å². The summed E-state index contributed by atoms with van der Waals surface area (Å²) in [5.41, 5.74) is 0. The second kappa shape index (κ2) is 12.0. The molecule has 1 aliphatic carbocycles. The van der Waals surface area contributed by atoms with Crippen molar-refractivity contribution in [3.8, 4) is 0 Å². The lowest BCUT2D eigenvalue weighted by molar-refractivity contribution is 0.0468. The fourth-order valence-electron chi connectivity index (χ4n) is 3.54. The van der Waals surface area contributed by atoms with Gasteiger partial charge in [0.2, 0.25) is 0 Å². The summed E-state index contributed by atoms with van der Waals surface area (Å²) in [4.78, 5) is 4.84. The van der Waals surface area contributed by atoms with Gasteiger partial charge in [-0.1, -0.05) is 25.7 Å². The van der Waals surface area contributed by atoms with E-state index in [9.17, 15) is 0 Å². The predicted octanol–water partition coefficient (Wildman–Crippen LogP) is 3.19. The topological polar surface area (TPSA) is 54.9 Å². The average Bonchev–Trinajstić information content (AvgIpc) is 2.93. The van der Waals surface area contributed by atoms with E-state index in [1.807, 2.05) is 11.8 Å². The summed E-state index contributed by atoms with van der Waals surface area (Å²) in [5, 5.41) is 6.78. The molecule has 6 heteroatoms. The Bertz CT molecular complexity index is 379. The van der Waals surface area contributed by atoms with Crippen molar-refractivity contribution in [3.05, 3.63) is 0 Å². The SMILES string of the molecule is CCNC(=NCC1(SC)CCOCC1)NCCOC1CCCCCC1. The van der Waals surface area contributed by atoms with Gasteiger partial charge < -0.3 is 20.1 Å². The Labute approximate surface area is 158 Å². The summed E-state index contributed by atoms with van der Waals surface area (Å²) in [7, 11) is 0. The fourth-order valence-corrected chi connectivity index (χ4v) is 4.31. The molecule has 0 spiro atoms. The van der Waals surface area contributed by atoms with E-state index in [-0.39, 0.29) is 4.75 Å². The smallest absolute Gasteiger partial charge is 0.191 e. The Morgan fingerprint density at radius 1 is 1.16 bits per heavy atom. The second-order valence-electron chi connectivity index (χ2n) is 7.11. The standard InChI is InChI=1S/C19H37N3O2S/c1-3-20-18(22-16-19(25-2)10-13-23-14-11-19)21-12-15-24-17-8-6-4-5-7-9-17/h17H,3-16H2,1-2H3,(H2,20,21,22). The molecule has 0 aromatic carbocycles. The van der Waals surface area contributed by atoms with Gasteiger partial charge in [-0.3, -0.25) is 4.99 Å². The van der Waals surface area contributed by atoms with E-state index in [0.717, 1.165) is 58.3 Å². The molecule has 0 unspecified atom stereocenters. The number of hydrogen-bond acceptors (Lipinski definition) is 4. The number of hydrogen-bond donors (Lipinski definition) is 2. The molecule has 25 heavy (non-hydrogen) atoms. The number of ether oxygens (including phenoxy) is 2. The molecule has 1 saturated heterocycles. The van der Waals surface area contributed by atoms with Gasteiger partial charge in [-0.25, -0.2) is 0 Å². The molecule has 0 bridgehead atoms. The summed E-state index contributed by atoms with van der Waals surface area (Å²) in [6.07, 6.45) is 12.7. The van der Waals surface area contributed by atoms with Crippen LogP contribution in [0.15, 0.2) is 4.99 Å². The summed E-state index contributed by atoms with van der Waals surface area (Å²) < 4.78 is 11.8. The van der Waals surface area contributed by atoms with Crippen LogP contribution in [0.3, 0.4) is 0 Å². The second-order valence-corrected chi connectivity index (χ2v) is 8.38. The summed E-state index contributed by atoms with van der Waals surface area (Å²) in [6.45, 7) is 7.12. The molecular formula is C19H37N3O2S. The van der Waals surface area contributed by atoms with Gasteiger partial charge in [-0.05, 0) is 38.9 Å². The van der Waals surface area contributed by atoms with E-state index in [0.29, 0.717) is 6.10 Å². The van der Waals surface area contributed by atoms with Crippen molar-refractivity contribution in [2.45, 2.75) is 69.1 Å². The molecule has 0 radical (unpaired) electrons. The highest BCUT2D eigenvalue weighted by Gasteiger charge is 2.31. The van der Waals surface area contributed by atoms with Crippen molar-refractivity contribution >= 4 is 17.7 Å². The van der Waals surface area contributed by atoms with Crippen LogP contribution in [0.25, 0.3) is 0 Å². The fraction of sp³-hybridized carbons (Fsp3) is 0.947. The number of aliphatic imine (C=N–C) groups is 1. The van der Waals surface area contributed by atoms with Crippen LogP contribution in [-0.4, -0.2) is 62.5 Å². The molecule has 0 atom stereocenters. The molecule has 2 rings (SSSR count). The molecule has 5 nitrogen and oxygen atoms in total. The molecule has 2 N–H and O–H groups in total. The van der Waals surface area contributed by atoms with Crippen LogP contribution in [0.5, 0.6) is 0 Å². The lowest BCUT2D eigenvalue weighted by atomic mass is 9.99. The van der Waals surface area contributed by atoms with Crippen molar-refractivity contribution in [1.29, 1.82) is 0 Å². The van der Waals surface area contributed by atoms with E-state index >= 15 is 0 Å². The zero-order valence-corrected chi connectivity index (χ0v) is 17.0. The van der Waals surface area contributed by atoms with Crippen LogP contribution in [0.1, 0.15) is 58.3 Å². The Morgan fingerprint density at radius 2 is 1.88 bits per heavy atom. The Balaban J connectivity index is 1.73. The molecule has 1 saturated carbocycles. The van der Waals surface area contributed by atoms with Crippen LogP contribution in [0.4, 0.5) is 0 Å². The maximum atomic E-state index is 6.06. The Morgan fingerprint density at radius 3 is 2.52 bits per heavy atom. The molecule has 0 aromatic rings. The zero-order valence-electron chi connectivity index (χ0n) is 16.1. The molecule has 2 aliphatic rings. The van der Waals surface area contributed by atoms with Crippen LogP contribution in [-0.2, 0) is 9.47 Å². The minimum Gasteiger partial charge on any atom is -0.381 e. The maximum absolute atomic E-state index is 6.06.